The van der Waals surface area contributed by atoms with E-state index in [4.69, 9.17) is 4.74 Å². The molecule has 1 aliphatic rings. The Morgan fingerprint density at radius 2 is 2.19 bits per heavy atom. The van der Waals surface area contributed by atoms with E-state index in [9.17, 15) is 13.5 Å². The number of piperidine rings is 1. The standard InChI is InChI=1S/C14H22N2O4S/c1-20-14-7-3-2-6-13(14)9-15-21(18,19)16-8-4-5-12(10-16)11-17/h2-3,6-7,12,15,17H,4-5,8-11H2,1H3. The van der Waals surface area contributed by atoms with Gasteiger partial charge in [0.25, 0.3) is 10.2 Å². The summed E-state index contributed by atoms with van der Waals surface area (Å²) in [4.78, 5) is 0. The molecule has 1 aromatic carbocycles. The van der Waals surface area contributed by atoms with Crippen LogP contribution in [0.1, 0.15) is 18.4 Å². The van der Waals surface area contributed by atoms with E-state index in [2.05, 4.69) is 4.72 Å². The number of ether oxygens (including phenoxy) is 1. The quantitative estimate of drug-likeness (QED) is 0.811. The predicted molar refractivity (Wildman–Crippen MR) is 80.1 cm³/mol. The maximum atomic E-state index is 12.3. The SMILES string of the molecule is COc1ccccc1CNS(=O)(=O)N1CCCC(CO)C1. The van der Waals surface area contributed by atoms with Gasteiger partial charge in [0.05, 0.1) is 7.11 Å². The lowest BCUT2D eigenvalue weighted by atomic mass is 10.0. The van der Waals surface area contributed by atoms with Crippen LogP contribution in [-0.4, -0.2) is 44.6 Å². The lowest BCUT2D eigenvalue weighted by molar-refractivity contribution is 0.164. The number of aliphatic hydroxyl groups excluding tert-OH is 1. The van der Waals surface area contributed by atoms with Gasteiger partial charge in [-0.2, -0.15) is 17.4 Å². The molecule has 1 aliphatic heterocycles. The normalized spacial score (nSPS) is 20.4. The second-order valence-electron chi connectivity index (χ2n) is 5.19. The van der Waals surface area contributed by atoms with Crippen LogP contribution in [0.4, 0.5) is 0 Å². The molecule has 0 saturated carbocycles. The number of nitrogens with zero attached hydrogens (tertiary/aromatic N) is 1. The second kappa shape index (κ2) is 7.22. The third-order valence-corrected chi connectivity index (χ3v) is 5.24. The first kappa shape index (κ1) is 16.2. The summed E-state index contributed by atoms with van der Waals surface area (Å²) in [6, 6.07) is 7.31. The number of methoxy groups -OCH3 is 1. The summed E-state index contributed by atoms with van der Waals surface area (Å²) in [6.45, 7) is 1.08. The van der Waals surface area contributed by atoms with Crippen molar-refractivity contribution in [3.05, 3.63) is 29.8 Å². The number of hydrogen-bond donors (Lipinski definition) is 2. The highest BCUT2D eigenvalue weighted by Gasteiger charge is 2.28. The zero-order valence-corrected chi connectivity index (χ0v) is 13.0. The molecule has 1 atom stereocenters. The van der Waals surface area contributed by atoms with E-state index in [1.807, 2.05) is 18.2 Å². The molecule has 2 rings (SSSR count). The Labute approximate surface area is 125 Å². The molecule has 2 N–H and O–H groups in total. The molecular weight excluding hydrogens is 292 g/mol. The molecule has 1 unspecified atom stereocenters. The monoisotopic (exact) mass is 314 g/mol. The molecule has 7 heteroatoms. The average molecular weight is 314 g/mol. The van der Waals surface area contributed by atoms with Gasteiger partial charge in [0, 0.05) is 31.8 Å². The number of nitrogens with one attached hydrogen (secondary N) is 1. The van der Waals surface area contributed by atoms with Crippen molar-refractivity contribution in [3.8, 4) is 5.75 Å². The van der Waals surface area contributed by atoms with E-state index in [0.29, 0.717) is 18.8 Å². The highest BCUT2D eigenvalue weighted by atomic mass is 32.2. The van der Waals surface area contributed by atoms with Crippen molar-refractivity contribution in [2.75, 3.05) is 26.8 Å². The Morgan fingerprint density at radius 1 is 1.43 bits per heavy atom. The van der Waals surface area contributed by atoms with Crippen LogP contribution >= 0.6 is 0 Å². The fourth-order valence-corrected chi connectivity index (χ4v) is 3.80. The van der Waals surface area contributed by atoms with Gasteiger partial charge in [-0.05, 0) is 24.8 Å². The highest BCUT2D eigenvalue weighted by Crippen LogP contribution is 2.20. The molecule has 1 aromatic rings. The Kier molecular flexibility index (Phi) is 5.58. The number of hydrogen-bond acceptors (Lipinski definition) is 4. The van der Waals surface area contributed by atoms with Crippen LogP contribution in [-0.2, 0) is 16.8 Å². The van der Waals surface area contributed by atoms with Crippen molar-refractivity contribution >= 4 is 10.2 Å². The zero-order chi connectivity index (χ0) is 15.3. The Hall–Kier alpha value is -1.15. The van der Waals surface area contributed by atoms with Crippen LogP contribution in [0.15, 0.2) is 24.3 Å². The highest BCUT2D eigenvalue weighted by molar-refractivity contribution is 7.87. The topological polar surface area (TPSA) is 78.9 Å². The molecule has 1 fully saturated rings. The van der Waals surface area contributed by atoms with Crippen LogP contribution in [0.25, 0.3) is 0 Å². The van der Waals surface area contributed by atoms with E-state index in [1.165, 1.54) is 4.31 Å². The number of benzene rings is 1. The lowest BCUT2D eigenvalue weighted by Crippen LogP contribution is -2.46. The van der Waals surface area contributed by atoms with Gasteiger partial charge in [-0.15, -0.1) is 0 Å². The summed E-state index contributed by atoms with van der Waals surface area (Å²) < 4.78 is 33.8. The molecule has 118 valence electrons. The van der Waals surface area contributed by atoms with Crippen LogP contribution in [0.2, 0.25) is 0 Å². The van der Waals surface area contributed by atoms with Crippen molar-refractivity contribution in [3.63, 3.8) is 0 Å². The fraction of sp³-hybridized carbons (Fsp3) is 0.571. The first-order valence-corrected chi connectivity index (χ1v) is 8.48. The van der Waals surface area contributed by atoms with E-state index in [-0.39, 0.29) is 19.1 Å². The first-order chi connectivity index (χ1) is 10.1. The van der Waals surface area contributed by atoms with Gasteiger partial charge in [-0.1, -0.05) is 18.2 Å². The third kappa shape index (κ3) is 4.16. The first-order valence-electron chi connectivity index (χ1n) is 7.04. The van der Waals surface area contributed by atoms with E-state index >= 15 is 0 Å². The van der Waals surface area contributed by atoms with Gasteiger partial charge >= 0.3 is 0 Å². The number of para-hydroxylation sites is 1. The molecule has 0 bridgehead atoms. The van der Waals surface area contributed by atoms with Crippen molar-refractivity contribution in [2.45, 2.75) is 19.4 Å². The third-order valence-electron chi connectivity index (χ3n) is 3.72. The van der Waals surface area contributed by atoms with Crippen molar-refractivity contribution < 1.29 is 18.3 Å². The van der Waals surface area contributed by atoms with Crippen molar-refractivity contribution in [1.29, 1.82) is 0 Å². The Morgan fingerprint density at radius 3 is 2.90 bits per heavy atom. The molecule has 21 heavy (non-hydrogen) atoms. The van der Waals surface area contributed by atoms with Crippen LogP contribution in [0.3, 0.4) is 0 Å². The van der Waals surface area contributed by atoms with E-state index < -0.39 is 10.2 Å². The smallest absolute Gasteiger partial charge is 0.279 e. The minimum absolute atomic E-state index is 0.0263. The molecule has 0 aromatic heterocycles. The van der Waals surface area contributed by atoms with Crippen molar-refractivity contribution in [2.24, 2.45) is 5.92 Å². The summed E-state index contributed by atoms with van der Waals surface area (Å²) in [5.74, 6) is 0.689. The fourth-order valence-electron chi connectivity index (χ4n) is 2.50. The molecule has 0 spiro atoms. The molecule has 6 nitrogen and oxygen atoms in total. The van der Waals surface area contributed by atoms with E-state index in [1.54, 1.807) is 13.2 Å². The lowest BCUT2D eigenvalue weighted by Gasteiger charge is -2.30. The maximum absolute atomic E-state index is 12.3. The van der Waals surface area contributed by atoms with Gasteiger partial charge in [-0.3, -0.25) is 0 Å². The number of aliphatic hydroxyl groups is 1. The summed E-state index contributed by atoms with van der Waals surface area (Å²) in [5, 5.41) is 9.19. The van der Waals surface area contributed by atoms with Crippen molar-refractivity contribution in [1.82, 2.24) is 9.03 Å². The molecule has 0 radical (unpaired) electrons. The zero-order valence-electron chi connectivity index (χ0n) is 12.2. The molecule has 1 saturated heterocycles. The predicted octanol–water partition coefficient (Wildman–Crippen LogP) is 0.734. The van der Waals surface area contributed by atoms with Gasteiger partial charge in [0.15, 0.2) is 0 Å². The molecule has 0 aliphatic carbocycles. The summed E-state index contributed by atoms with van der Waals surface area (Å²) in [7, 11) is -1.97. The summed E-state index contributed by atoms with van der Waals surface area (Å²) in [6.07, 6.45) is 1.65. The summed E-state index contributed by atoms with van der Waals surface area (Å²) in [5.41, 5.74) is 0.791. The largest absolute Gasteiger partial charge is 0.496 e. The summed E-state index contributed by atoms with van der Waals surface area (Å²) >= 11 is 0. The van der Waals surface area contributed by atoms with Gasteiger partial charge < -0.3 is 9.84 Å². The van der Waals surface area contributed by atoms with Crippen LogP contribution in [0.5, 0.6) is 5.75 Å². The van der Waals surface area contributed by atoms with Crippen LogP contribution < -0.4 is 9.46 Å². The van der Waals surface area contributed by atoms with Gasteiger partial charge in [-0.25, -0.2) is 0 Å². The number of rotatable bonds is 6. The Balaban J connectivity index is 2.01. The minimum Gasteiger partial charge on any atom is -0.496 e. The van der Waals surface area contributed by atoms with Gasteiger partial charge in [0.2, 0.25) is 0 Å². The minimum atomic E-state index is -3.53. The van der Waals surface area contributed by atoms with Crippen LogP contribution in [0, 0.1) is 5.92 Å². The molecule has 0 amide bonds. The second-order valence-corrected chi connectivity index (χ2v) is 6.94. The molecular formula is C14H22N2O4S. The van der Waals surface area contributed by atoms with E-state index in [0.717, 1.165) is 18.4 Å². The average Bonchev–Trinajstić information content (AvgIpc) is 2.53. The Bertz CT molecular complexity index is 562. The molecule has 1 heterocycles. The maximum Gasteiger partial charge on any atom is 0.279 e. The van der Waals surface area contributed by atoms with Gasteiger partial charge in [0.1, 0.15) is 5.75 Å².